The van der Waals surface area contributed by atoms with E-state index in [1.165, 1.54) is 12.8 Å². The zero-order valence-electron chi connectivity index (χ0n) is 11.6. The minimum absolute atomic E-state index is 0. The fraction of sp³-hybridized carbons (Fsp3) is 0.643. The third kappa shape index (κ3) is 4.79. The van der Waals surface area contributed by atoms with Crippen molar-refractivity contribution in [1.82, 2.24) is 10.6 Å². The Balaban J connectivity index is 0.00000180. The molecule has 1 saturated heterocycles. The van der Waals surface area contributed by atoms with Gasteiger partial charge in [-0.25, -0.2) is 0 Å². The van der Waals surface area contributed by atoms with Crippen molar-refractivity contribution in [2.75, 3.05) is 13.1 Å². The van der Waals surface area contributed by atoms with E-state index in [1.807, 2.05) is 16.8 Å². The van der Waals surface area contributed by atoms with Gasteiger partial charge in [-0.1, -0.05) is 13.8 Å². The summed E-state index contributed by atoms with van der Waals surface area (Å²) in [6, 6.07) is 2.39. The monoisotopic (exact) mass is 302 g/mol. The molecule has 1 unspecified atom stereocenters. The van der Waals surface area contributed by atoms with E-state index >= 15 is 0 Å². The number of halogens is 1. The number of amides is 1. The molecule has 1 amide bonds. The average Bonchev–Trinajstić information content (AvgIpc) is 2.80. The first kappa shape index (κ1) is 16.5. The van der Waals surface area contributed by atoms with Crippen LogP contribution in [0.4, 0.5) is 0 Å². The summed E-state index contributed by atoms with van der Waals surface area (Å²) in [5.74, 6) is 0.122. The summed E-state index contributed by atoms with van der Waals surface area (Å²) in [5, 5.41) is 10.6. The summed E-state index contributed by atoms with van der Waals surface area (Å²) >= 11 is 1.64. The topological polar surface area (TPSA) is 41.1 Å². The Bertz CT molecular complexity index is 392. The standard InChI is InChI=1S/C14H22N2OS.ClH/c1-14(2)5-3-6-15-12(14)9-16-13(17)8-11-4-7-18-10-11;/h4,7,10,12,15H,3,5-6,8-9H2,1-2H3,(H,16,17);1H. The Morgan fingerprint density at radius 2 is 2.37 bits per heavy atom. The molecule has 1 aromatic heterocycles. The highest BCUT2D eigenvalue weighted by Gasteiger charge is 2.31. The molecule has 1 aromatic rings. The van der Waals surface area contributed by atoms with Gasteiger partial charge in [0, 0.05) is 12.6 Å². The van der Waals surface area contributed by atoms with Gasteiger partial charge in [0.25, 0.3) is 0 Å². The molecule has 0 bridgehead atoms. The predicted molar refractivity (Wildman–Crippen MR) is 83.1 cm³/mol. The van der Waals surface area contributed by atoms with E-state index in [0.29, 0.717) is 12.5 Å². The molecule has 3 nitrogen and oxygen atoms in total. The average molecular weight is 303 g/mol. The lowest BCUT2D eigenvalue weighted by Crippen LogP contribution is -2.52. The van der Waals surface area contributed by atoms with Gasteiger partial charge in [-0.05, 0) is 47.2 Å². The fourth-order valence-electron chi connectivity index (χ4n) is 2.48. The lowest BCUT2D eigenvalue weighted by Gasteiger charge is -2.39. The highest BCUT2D eigenvalue weighted by atomic mass is 35.5. The molecule has 2 N–H and O–H groups in total. The summed E-state index contributed by atoms with van der Waals surface area (Å²) in [6.07, 6.45) is 2.95. The highest BCUT2D eigenvalue weighted by Crippen LogP contribution is 2.29. The second-order valence-electron chi connectivity index (χ2n) is 5.71. The van der Waals surface area contributed by atoms with E-state index in [2.05, 4.69) is 24.5 Å². The predicted octanol–water partition coefficient (Wildman–Crippen LogP) is 2.61. The van der Waals surface area contributed by atoms with Crippen LogP contribution in [0.3, 0.4) is 0 Å². The summed E-state index contributed by atoms with van der Waals surface area (Å²) in [5.41, 5.74) is 1.38. The van der Waals surface area contributed by atoms with Crippen LogP contribution < -0.4 is 10.6 Å². The van der Waals surface area contributed by atoms with Gasteiger partial charge in [0.15, 0.2) is 0 Å². The maximum atomic E-state index is 11.8. The molecule has 5 heteroatoms. The molecular weight excluding hydrogens is 280 g/mol. The van der Waals surface area contributed by atoms with Crippen LogP contribution in [0.1, 0.15) is 32.3 Å². The van der Waals surface area contributed by atoms with Gasteiger partial charge in [0.1, 0.15) is 0 Å². The number of nitrogens with one attached hydrogen (secondary N) is 2. The molecule has 0 spiro atoms. The zero-order chi connectivity index (χ0) is 13.0. The van der Waals surface area contributed by atoms with Crippen molar-refractivity contribution in [3.63, 3.8) is 0 Å². The number of piperidine rings is 1. The normalized spacial score (nSPS) is 21.5. The zero-order valence-corrected chi connectivity index (χ0v) is 13.2. The van der Waals surface area contributed by atoms with Crippen molar-refractivity contribution >= 4 is 29.7 Å². The van der Waals surface area contributed by atoms with Crippen molar-refractivity contribution < 1.29 is 4.79 Å². The van der Waals surface area contributed by atoms with Crippen LogP contribution in [-0.4, -0.2) is 25.0 Å². The first-order valence-electron chi connectivity index (χ1n) is 6.59. The number of carbonyl (C=O) groups excluding carboxylic acids is 1. The van der Waals surface area contributed by atoms with Crippen LogP contribution >= 0.6 is 23.7 Å². The Kier molecular flexibility index (Phi) is 6.30. The minimum Gasteiger partial charge on any atom is -0.354 e. The van der Waals surface area contributed by atoms with Crippen LogP contribution in [0.5, 0.6) is 0 Å². The summed E-state index contributed by atoms with van der Waals surface area (Å²) in [7, 11) is 0. The molecule has 0 aliphatic carbocycles. The third-order valence-electron chi connectivity index (χ3n) is 3.78. The van der Waals surface area contributed by atoms with Crippen LogP contribution in [0.15, 0.2) is 16.8 Å². The Morgan fingerprint density at radius 3 is 3.00 bits per heavy atom. The first-order valence-corrected chi connectivity index (χ1v) is 7.53. The summed E-state index contributed by atoms with van der Waals surface area (Å²) in [4.78, 5) is 11.8. The fourth-order valence-corrected chi connectivity index (χ4v) is 3.14. The third-order valence-corrected chi connectivity index (χ3v) is 4.51. The highest BCUT2D eigenvalue weighted by molar-refractivity contribution is 7.07. The summed E-state index contributed by atoms with van der Waals surface area (Å²) < 4.78 is 0. The van der Waals surface area contributed by atoms with E-state index in [9.17, 15) is 4.79 Å². The lowest BCUT2D eigenvalue weighted by atomic mass is 9.77. The maximum Gasteiger partial charge on any atom is 0.224 e. The number of rotatable bonds is 4. The van der Waals surface area contributed by atoms with Crippen molar-refractivity contribution in [2.24, 2.45) is 5.41 Å². The van der Waals surface area contributed by atoms with Crippen molar-refractivity contribution in [1.29, 1.82) is 0 Å². The molecule has 1 aliphatic heterocycles. The van der Waals surface area contributed by atoms with Gasteiger partial charge >= 0.3 is 0 Å². The van der Waals surface area contributed by atoms with Crippen LogP contribution in [-0.2, 0) is 11.2 Å². The molecule has 1 aliphatic rings. The quantitative estimate of drug-likeness (QED) is 0.897. The molecular formula is C14H23ClN2OS. The molecule has 0 saturated carbocycles. The van der Waals surface area contributed by atoms with Crippen molar-refractivity contribution in [3.8, 4) is 0 Å². The molecule has 19 heavy (non-hydrogen) atoms. The van der Waals surface area contributed by atoms with E-state index in [4.69, 9.17) is 0 Å². The molecule has 0 radical (unpaired) electrons. The minimum atomic E-state index is 0. The molecule has 1 fully saturated rings. The van der Waals surface area contributed by atoms with E-state index in [-0.39, 0.29) is 23.7 Å². The summed E-state index contributed by atoms with van der Waals surface area (Å²) in [6.45, 7) is 6.34. The van der Waals surface area contributed by atoms with Gasteiger partial charge in [-0.3, -0.25) is 4.79 Å². The van der Waals surface area contributed by atoms with Gasteiger partial charge in [-0.2, -0.15) is 11.3 Å². The van der Waals surface area contributed by atoms with E-state index in [1.54, 1.807) is 11.3 Å². The smallest absolute Gasteiger partial charge is 0.224 e. The van der Waals surface area contributed by atoms with Gasteiger partial charge < -0.3 is 10.6 Å². The van der Waals surface area contributed by atoms with Gasteiger partial charge in [0.05, 0.1) is 6.42 Å². The number of hydrogen-bond donors (Lipinski definition) is 2. The largest absolute Gasteiger partial charge is 0.354 e. The van der Waals surface area contributed by atoms with Gasteiger partial charge in [-0.15, -0.1) is 12.4 Å². The van der Waals surface area contributed by atoms with E-state index < -0.39 is 0 Å². The first-order chi connectivity index (χ1) is 8.58. The van der Waals surface area contributed by atoms with Crippen LogP contribution in [0, 0.1) is 5.41 Å². The maximum absolute atomic E-state index is 11.8. The SMILES string of the molecule is CC1(C)CCCNC1CNC(=O)Cc1ccsc1.Cl. The molecule has 0 aromatic carbocycles. The van der Waals surface area contributed by atoms with Crippen LogP contribution in [0.25, 0.3) is 0 Å². The molecule has 108 valence electrons. The molecule has 2 heterocycles. The van der Waals surface area contributed by atoms with Crippen molar-refractivity contribution in [3.05, 3.63) is 22.4 Å². The lowest BCUT2D eigenvalue weighted by molar-refractivity contribution is -0.120. The Labute approximate surface area is 125 Å². The molecule has 1 atom stereocenters. The number of carbonyl (C=O) groups is 1. The van der Waals surface area contributed by atoms with Crippen molar-refractivity contribution in [2.45, 2.75) is 39.2 Å². The van der Waals surface area contributed by atoms with Crippen LogP contribution in [0.2, 0.25) is 0 Å². The molecule has 2 rings (SSSR count). The second-order valence-corrected chi connectivity index (χ2v) is 6.49. The van der Waals surface area contributed by atoms with E-state index in [0.717, 1.165) is 18.7 Å². The number of hydrogen-bond acceptors (Lipinski definition) is 3. The second kappa shape index (κ2) is 7.27. The van der Waals surface area contributed by atoms with Gasteiger partial charge in [0.2, 0.25) is 5.91 Å². The Morgan fingerprint density at radius 1 is 1.58 bits per heavy atom. The number of thiophene rings is 1. The Hall–Kier alpha value is -0.580.